The molecule has 0 N–H and O–H groups in total. The van der Waals surface area contributed by atoms with Gasteiger partial charge < -0.3 is 0 Å². The Morgan fingerprint density at radius 1 is 1.08 bits per heavy atom. The average molecular weight is 386 g/mol. The highest BCUT2D eigenvalue weighted by Gasteiger charge is 2.24. The van der Waals surface area contributed by atoms with Crippen LogP contribution in [-0.2, 0) is 0 Å². The molecule has 0 unspecified atom stereocenters. The fourth-order valence-corrected chi connectivity index (χ4v) is 2.69. The second-order valence-electron chi connectivity index (χ2n) is 5.12. The second-order valence-corrected chi connectivity index (χ2v) is 5.99. The Labute approximate surface area is 157 Å². The fraction of sp³-hybridized carbons (Fsp3) is 0. The van der Waals surface area contributed by atoms with Crippen molar-refractivity contribution in [2.75, 3.05) is 0 Å². The fourth-order valence-electron chi connectivity index (χ4n) is 2.44. The minimum atomic E-state index is -0.947. The van der Waals surface area contributed by atoms with Crippen molar-refractivity contribution in [3.05, 3.63) is 80.3 Å². The number of rotatable bonds is 4. The van der Waals surface area contributed by atoms with Gasteiger partial charge in [-0.3, -0.25) is 9.59 Å². The molecule has 3 rings (SSSR count). The molecule has 1 amide bonds. The Morgan fingerprint density at radius 2 is 1.65 bits per heavy atom. The third-order valence-corrected chi connectivity index (χ3v) is 4.07. The van der Waals surface area contributed by atoms with Gasteiger partial charge in [0.1, 0.15) is 5.69 Å². The van der Waals surface area contributed by atoms with Gasteiger partial charge in [-0.2, -0.15) is 5.10 Å². The number of halogens is 2. The SMILES string of the molecule is [N-]=[N+]=NC(=O)c1nn(-c2ccc(Cl)cc2)c(-c2ccc(Cl)cc2)c1C=O. The average Bonchev–Trinajstić information content (AvgIpc) is 3.03. The lowest BCUT2D eigenvalue weighted by atomic mass is 10.1. The molecule has 0 spiro atoms. The van der Waals surface area contributed by atoms with Crippen LogP contribution >= 0.6 is 23.2 Å². The van der Waals surface area contributed by atoms with Crippen LogP contribution in [0.2, 0.25) is 10.0 Å². The number of amides is 1. The molecule has 26 heavy (non-hydrogen) atoms. The van der Waals surface area contributed by atoms with Gasteiger partial charge in [-0.25, -0.2) is 4.68 Å². The van der Waals surface area contributed by atoms with Gasteiger partial charge in [-0.1, -0.05) is 35.3 Å². The molecule has 1 aromatic heterocycles. The lowest BCUT2D eigenvalue weighted by molar-refractivity contribution is 0.0988. The first-order valence-electron chi connectivity index (χ1n) is 7.24. The van der Waals surface area contributed by atoms with Crippen LogP contribution in [-0.4, -0.2) is 22.0 Å². The Bertz CT molecular complexity index is 1040. The van der Waals surface area contributed by atoms with Gasteiger partial charge >= 0.3 is 0 Å². The highest BCUT2D eigenvalue weighted by Crippen LogP contribution is 2.30. The van der Waals surface area contributed by atoms with E-state index in [9.17, 15) is 9.59 Å². The summed E-state index contributed by atoms with van der Waals surface area (Å²) in [6.45, 7) is 0. The van der Waals surface area contributed by atoms with E-state index in [1.165, 1.54) is 4.68 Å². The van der Waals surface area contributed by atoms with E-state index in [0.717, 1.165) is 0 Å². The van der Waals surface area contributed by atoms with Crippen molar-refractivity contribution in [2.45, 2.75) is 0 Å². The van der Waals surface area contributed by atoms with Crippen molar-refractivity contribution in [1.29, 1.82) is 0 Å². The zero-order valence-corrected chi connectivity index (χ0v) is 14.5. The van der Waals surface area contributed by atoms with Gasteiger partial charge in [-0.15, -0.1) is 0 Å². The van der Waals surface area contributed by atoms with Crippen LogP contribution in [0.15, 0.2) is 53.6 Å². The lowest BCUT2D eigenvalue weighted by Gasteiger charge is -2.08. The van der Waals surface area contributed by atoms with Crippen LogP contribution in [0.3, 0.4) is 0 Å². The number of benzene rings is 2. The van der Waals surface area contributed by atoms with Gasteiger partial charge in [0.25, 0.3) is 5.91 Å². The second kappa shape index (κ2) is 7.41. The van der Waals surface area contributed by atoms with E-state index in [1.807, 2.05) is 0 Å². The molecule has 0 aliphatic rings. The van der Waals surface area contributed by atoms with Gasteiger partial charge in [0.05, 0.1) is 16.9 Å². The van der Waals surface area contributed by atoms with Crippen molar-refractivity contribution in [2.24, 2.45) is 5.11 Å². The third-order valence-electron chi connectivity index (χ3n) is 3.57. The summed E-state index contributed by atoms with van der Waals surface area (Å²) in [5, 5.41) is 8.27. The summed E-state index contributed by atoms with van der Waals surface area (Å²) in [5.41, 5.74) is 9.85. The molecular formula is C17H9Cl2N5O2. The van der Waals surface area contributed by atoms with Gasteiger partial charge in [-0.05, 0) is 47.0 Å². The summed E-state index contributed by atoms with van der Waals surface area (Å²) in [7, 11) is 0. The van der Waals surface area contributed by atoms with Crippen LogP contribution in [0.1, 0.15) is 20.8 Å². The van der Waals surface area contributed by atoms with E-state index in [-0.39, 0.29) is 11.3 Å². The van der Waals surface area contributed by atoms with E-state index in [1.54, 1.807) is 48.5 Å². The van der Waals surface area contributed by atoms with Gasteiger partial charge in [0.2, 0.25) is 0 Å². The predicted octanol–water partition coefficient (Wildman–Crippen LogP) is 5.11. The van der Waals surface area contributed by atoms with E-state index in [0.29, 0.717) is 33.3 Å². The molecular weight excluding hydrogens is 377 g/mol. The van der Waals surface area contributed by atoms with E-state index in [4.69, 9.17) is 28.7 Å². The first kappa shape index (κ1) is 17.7. The van der Waals surface area contributed by atoms with Gasteiger partial charge in [0, 0.05) is 20.5 Å². The quantitative estimate of drug-likeness (QED) is 0.269. The summed E-state index contributed by atoms with van der Waals surface area (Å²) in [6, 6.07) is 13.4. The Morgan fingerprint density at radius 3 is 2.19 bits per heavy atom. The maximum Gasteiger partial charge on any atom is 0.270 e. The summed E-state index contributed by atoms with van der Waals surface area (Å²) in [5.74, 6) is -0.947. The van der Waals surface area contributed by atoms with Crippen LogP contribution < -0.4 is 0 Å². The van der Waals surface area contributed by atoms with Crippen molar-refractivity contribution in [1.82, 2.24) is 9.78 Å². The zero-order chi connectivity index (χ0) is 18.7. The first-order valence-corrected chi connectivity index (χ1v) is 8.00. The van der Waals surface area contributed by atoms with Crippen LogP contribution in [0.5, 0.6) is 0 Å². The molecule has 7 nitrogen and oxygen atoms in total. The molecule has 3 aromatic rings. The first-order chi connectivity index (χ1) is 12.5. The Kier molecular flexibility index (Phi) is 5.04. The molecule has 1 heterocycles. The van der Waals surface area contributed by atoms with Crippen LogP contribution in [0.4, 0.5) is 0 Å². The van der Waals surface area contributed by atoms with E-state index < -0.39 is 5.91 Å². The summed E-state index contributed by atoms with van der Waals surface area (Å²) in [6.07, 6.45) is 0.503. The summed E-state index contributed by atoms with van der Waals surface area (Å²) < 4.78 is 1.42. The molecule has 0 fully saturated rings. The molecule has 128 valence electrons. The van der Waals surface area contributed by atoms with Crippen molar-refractivity contribution >= 4 is 35.4 Å². The monoisotopic (exact) mass is 385 g/mol. The molecule has 0 bridgehead atoms. The van der Waals surface area contributed by atoms with Crippen LogP contribution in [0, 0.1) is 0 Å². The molecule has 0 aliphatic carbocycles. The molecule has 0 aliphatic heterocycles. The zero-order valence-electron chi connectivity index (χ0n) is 13.0. The van der Waals surface area contributed by atoms with Gasteiger partial charge in [0.15, 0.2) is 6.29 Å². The third kappa shape index (κ3) is 3.32. The number of hydrogen-bond donors (Lipinski definition) is 0. The molecule has 9 heteroatoms. The lowest BCUT2D eigenvalue weighted by Crippen LogP contribution is -2.01. The highest BCUT2D eigenvalue weighted by atomic mass is 35.5. The smallest absolute Gasteiger partial charge is 0.270 e. The molecule has 0 atom stereocenters. The van der Waals surface area contributed by atoms with E-state index in [2.05, 4.69) is 15.1 Å². The molecule has 0 saturated carbocycles. The van der Waals surface area contributed by atoms with Crippen molar-refractivity contribution in [3.63, 3.8) is 0 Å². The van der Waals surface area contributed by atoms with Crippen LogP contribution in [0.25, 0.3) is 27.4 Å². The number of aldehydes is 1. The number of nitrogens with zero attached hydrogens (tertiary/aromatic N) is 5. The topological polar surface area (TPSA) is 101 Å². The Balaban J connectivity index is 2.32. The Hall–Kier alpha value is -3.12. The molecule has 2 aromatic carbocycles. The van der Waals surface area contributed by atoms with Crippen molar-refractivity contribution in [3.8, 4) is 16.9 Å². The normalized spacial score (nSPS) is 10.2. The van der Waals surface area contributed by atoms with E-state index >= 15 is 0 Å². The summed E-state index contributed by atoms with van der Waals surface area (Å²) >= 11 is 11.8. The molecule has 0 saturated heterocycles. The maximum atomic E-state index is 12.1. The number of azide groups is 1. The highest BCUT2D eigenvalue weighted by molar-refractivity contribution is 6.30. The number of carbonyl (C=O) groups is 2. The maximum absolute atomic E-state index is 12.1. The number of carbonyl (C=O) groups excluding carboxylic acids is 2. The van der Waals surface area contributed by atoms with Crippen molar-refractivity contribution < 1.29 is 9.59 Å². The summed E-state index contributed by atoms with van der Waals surface area (Å²) in [4.78, 5) is 26.2. The minimum absolute atomic E-state index is 0.0136. The standard InChI is InChI=1S/C17H9Cl2N5O2/c18-11-3-1-10(2-4-11)16-14(9-25)15(17(26)21-23-20)22-24(16)13-7-5-12(19)6-8-13/h1-9H. The minimum Gasteiger partial charge on any atom is -0.298 e. The largest absolute Gasteiger partial charge is 0.298 e. The number of hydrogen-bond acceptors (Lipinski definition) is 3. The number of aromatic nitrogens is 2. The molecule has 0 radical (unpaired) electrons. The predicted molar refractivity (Wildman–Crippen MR) is 97.9 cm³/mol.